The van der Waals surface area contributed by atoms with E-state index in [-0.39, 0.29) is 17.6 Å². The van der Waals surface area contributed by atoms with Gasteiger partial charge in [0.05, 0.1) is 5.75 Å². The molecular formula is C19H18N4O2S2. The van der Waals surface area contributed by atoms with E-state index in [4.69, 9.17) is 0 Å². The topological polar surface area (TPSA) is 84.0 Å². The van der Waals surface area contributed by atoms with Gasteiger partial charge in [-0.2, -0.15) is 0 Å². The molecule has 2 aromatic carbocycles. The lowest BCUT2D eigenvalue weighted by Crippen LogP contribution is -2.13. The van der Waals surface area contributed by atoms with Crippen molar-refractivity contribution in [2.45, 2.75) is 18.2 Å². The van der Waals surface area contributed by atoms with Crippen molar-refractivity contribution >= 4 is 45.7 Å². The molecule has 0 atom stereocenters. The summed E-state index contributed by atoms with van der Waals surface area (Å²) in [7, 11) is 0. The van der Waals surface area contributed by atoms with Gasteiger partial charge in [-0.3, -0.25) is 14.9 Å². The summed E-state index contributed by atoms with van der Waals surface area (Å²) in [4.78, 5) is 24.2. The second kappa shape index (κ2) is 8.79. The standard InChI is InChI=1S/C19H18N4O2S2/c1-12-3-7-14(8-4-12)17(25)21-18-22-23-19(27-18)26-11-16(24)20-15-9-5-13(2)6-10-15/h3-10H,11H2,1-2H3,(H,20,24)(H,21,22,25). The molecule has 3 aromatic rings. The molecule has 0 unspecified atom stereocenters. The number of thioether (sulfide) groups is 1. The van der Waals surface area contributed by atoms with Gasteiger partial charge in [-0.1, -0.05) is 58.5 Å². The first-order valence-corrected chi connectivity index (χ1v) is 10.0. The van der Waals surface area contributed by atoms with E-state index in [9.17, 15) is 9.59 Å². The van der Waals surface area contributed by atoms with Gasteiger partial charge >= 0.3 is 0 Å². The molecular weight excluding hydrogens is 380 g/mol. The Morgan fingerprint density at radius 1 is 0.926 bits per heavy atom. The first kappa shape index (κ1) is 19.1. The number of rotatable bonds is 6. The summed E-state index contributed by atoms with van der Waals surface area (Å²) in [5.74, 6) is -0.141. The summed E-state index contributed by atoms with van der Waals surface area (Å²) in [6, 6.07) is 14.9. The van der Waals surface area contributed by atoms with E-state index >= 15 is 0 Å². The lowest BCUT2D eigenvalue weighted by Gasteiger charge is -2.04. The zero-order valence-electron chi connectivity index (χ0n) is 14.9. The molecule has 27 heavy (non-hydrogen) atoms. The highest BCUT2D eigenvalue weighted by atomic mass is 32.2. The first-order chi connectivity index (χ1) is 13.0. The summed E-state index contributed by atoms with van der Waals surface area (Å²) < 4.78 is 0.619. The Labute approximate surface area is 165 Å². The normalized spacial score (nSPS) is 10.4. The zero-order chi connectivity index (χ0) is 19.2. The lowest BCUT2D eigenvalue weighted by atomic mass is 10.1. The van der Waals surface area contributed by atoms with E-state index in [0.717, 1.165) is 16.8 Å². The Balaban J connectivity index is 1.50. The van der Waals surface area contributed by atoms with Gasteiger partial charge in [0, 0.05) is 11.3 Å². The van der Waals surface area contributed by atoms with Crippen LogP contribution in [0.4, 0.5) is 10.8 Å². The molecule has 0 aliphatic rings. The van der Waals surface area contributed by atoms with E-state index in [1.54, 1.807) is 12.1 Å². The minimum absolute atomic E-state index is 0.121. The highest BCUT2D eigenvalue weighted by Gasteiger charge is 2.12. The molecule has 0 aliphatic heterocycles. The average molecular weight is 399 g/mol. The van der Waals surface area contributed by atoms with Crippen molar-refractivity contribution in [3.8, 4) is 0 Å². The van der Waals surface area contributed by atoms with Crippen LogP contribution in [0.1, 0.15) is 21.5 Å². The summed E-state index contributed by atoms with van der Waals surface area (Å²) >= 11 is 2.52. The number of benzene rings is 2. The van der Waals surface area contributed by atoms with Gasteiger partial charge in [-0.15, -0.1) is 10.2 Å². The minimum Gasteiger partial charge on any atom is -0.325 e. The number of hydrogen-bond donors (Lipinski definition) is 2. The van der Waals surface area contributed by atoms with Crippen LogP contribution < -0.4 is 10.6 Å². The average Bonchev–Trinajstić information content (AvgIpc) is 3.10. The molecule has 2 amide bonds. The molecule has 138 valence electrons. The molecule has 0 saturated carbocycles. The van der Waals surface area contributed by atoms with Gasteiger partial charge < -0.3 is 5.32 Å². The first-order valence-electron chi connectivity index (χ1n) is 8.20. The second-order valence-corrected chi connectivity index (χ2v) is 8.10. The summed E-state index contributed by atoms with van der Waals surface area (Å²) in [5.41, 5.74) is 3.54. The van der Waals surface area contributed by atoms with E-state index in [1.807, 2.05) is 50.2 Å². The summed E-state index contributed by atoms with van der Waals surface area (Å²) in [5, 5.41) is 13.9. The van der Waals surface area contributed by atoms with Gasteiger partial charge in [0.15, 0.2) is 4.34 Å². The van der Waals surface area contributed by atoms with Crippen molar-refractivity contribution in [3.05, 3.63) is 65.2 Å². The highest BCUT2D eigenvalue weighted by molar-refractivity contribution is 8.01. The van der Waals surface area contributed by atoms with Crippen molar-refractivity contribution in [3.63, 3.8) is 0 Å². The SMILES string of the molecule is Cc1ccc(NC(=O)CSc2nnc(NC(=O)c3ccc(C)cc3)s2)cc1. The maximum absolute atomic E-state index is 12.2. The number of amides is 2. The molecule has 0 spiro atoms. The quantitative estimate of drug-likeness (QED) is 0.482. The predicted octanol–water partition coefficient (Wildman–Crippen LogP) is 4.14. The molecule has 1 heterocycles. The third-order valence-electron chi connectivity index (χ3n) is 3.60. The highest BCUT2D eigenvalue weighted by Crippen LogP contribution is 2.26. The van der Waals surface area contributed by atoms with Gasteiger partial charge in [0.25, 0.3) is 5.91 Å². The third-order valence-corrected chi connectivity index (χ3v) is 5.57. The number of carbonyl (C=O) groups is 2. The number of nitrogens with zero attached hydrogens (tertiary/aromatic N) is 2. The van der Waals surface area contributed by atoms with Crippen LogP contribution in [-0.2, 0) is 4.79 Å². The largest absolute Gasteiger partial charge is 0.325 e. The smallest absolute Gasteiger partial charge is 0.257 e. The molecule has 0 aliphatic carbocycles. The van der Waals surface area contributed by atoms with Crippen LogP contribution in [0.2, 0.25) is 0 Å². The van der Waals surface area contributed by atoms with Crippen molar-refractivity contribution in [2.75, 3.05) is 16.4 Å². The fourth-order valence-electron chi connectivity index (χ4n) is 2.15. The van der Waals surface area contributed by atoms with Crippen LogP contribution in [-0.4, -0.2) is 27.8 Å². The second-order valence-electron chi connectivity index (χ2n) is 5.90. The summed E-state index contributed by atoms with van der Waals surface area (Å²) in [6.45, 7) is 3.96. The Morgan fingerprint density at radius 2 is 1.56 bits per heavy atom. The number of nitrogens with one attached hydrogen (secondary N) is 2. The Bertz CT molecular complexity index is 937. The fraction of sp³-hybridized carbons (Fsp3) is 0.158. The Kier molecular flexibility index (Phi) is 6.20. The number of aryl methyl sites for hydroxylation is 2. The molecule has 1 aromatic heterocycles. The molecule has 6 nitrogen and oxygen atoms in total. The maximum Gasteiger partial charge on any atom is 0.257 e. The van der Waals surface area contributed by atoms with Crippen molar-refractivity contribution in [1.82, 2.24) is 10.2 Å². The fourth-order valence-corrected chi connectivity index (χ4v) is 3.70. The molecule has 0 bridgehead atoms. The monoisotopic (exact) mass is 398 g/mol. The van der Waals surface area contributed by atoms with Crippen LogP contribution in [0.25, 0.3) is 0 Å². The predicted molar refractivity (Wildman–Crippen MR) is 110 cm³/mol. The Hall–Kier alpha value is -2.71. The third kappa shape index (κ3) is 5.63. The van der Waals surface area contributed by atoms with Gasteiger partial charge in [0.2, 0.25) is 11.0 Å². The van der Waals surface area contributed by atoms with Gasteiger partial charge in [-0.25, -0.2) is 0 Å². The zero-order valence-corrected chi connectivity index (χ0v) is 16.5. The van der Waals surface area contributed by atoms with E-state index in [2.05, 4.69) is 20.8 Å². The number of anilines is 2. The van der Waals surface area contributed by atoms with Gasteiger partial charge in [-0.05, 0) is 38.1 Å². The molecule has 0 saturated heterocycles. The van der Waals surface area contributed by atoms with E-state index < -0.39 is 0 Å². The number of carbonyl (C=O) groups excluding carboxylic acids is 2. The van der Waals surface area contributed by atoms with Crippen LogP contribution in [0.15, 0.2) is 52.9 Å². The summed E-state index contributed by atoms with van der Waals surface area (Å²) in [6.07, 6.45) is 0. The van der Waals surface area contributed by atoms with E-state index in [0.29, 0.717) is 15.0 Å². The van der Waals surface area contributed by atoms with Crippen LogP contribution in [0, 0.1) is 13.8 Å². The van der Waals surface area contributed by atoms with Crippen molar-refractivity contribution < 1.29 is 9.59 Å². The molecule has 3 rings (SSSR count). The van der Waals surface area contributed by atoms with Crippen LogP contribution >= 0.6 is 23.1 Å². The molecule has 0 radical (unpaired) electrons. The van der Waals surface area contributed by atoms with E-state index in [1.165, 1.54) is 23.1 Å². The molecule has 8 heteroatoms. The van der Waals surface area contributed by atoms with Crippen molar-refractivity contribution in [2.24, 2.45) is 0 Å². The van der Waals surface area contributed by atoms with Crippen molar-refractivity contribution in [1.29, 1.82) is 0 Å². The van der Waals surface area contributed by atoms with Gasteiger partial charge in [0.1, 0.15) is 0 Å². The number of aromatic nitrogens is 2. The molecule has 0 fully saturated rings. The van der Waals surface area contributed by atoms with Crippen LogP contribution in [0.5, 0.6) is 0 Å². The van der Waals surface area contributed by atoms with Crippen LogP contribution in [0.3, 0.4) is 0 Å². The lowest BCUT2D eigenvalue weighted by molar-refractivity contribution is -0.113. The Morgan fingerprint density at radius 3 is 2.22 bits per heavy atom. The number of hydrogen-bond acceptors (Lipinski definition) is 6. The maximum atomic E-state index is 12.2. The minimum atomic E-state index is -0.236. The molecule has 2 N–H and O–H groups in total.